The van der Waals surface area contributed by atoms with E-state index in [-0.39, 0.29) is 5.54 Å². The van der Waals surface area contributed by atoms with Crippen molar-refractivity contribution in [1.29, 1.82) is 0 Å². The number of fused-ring (bicyclic) bond motifs is 1. The molecule has 1 N–H and O–H groups in total. The van der Waals surface area contributed by atoms with Gasteiger partial charge in [0, 0.05) is 27.2 Å². The van der Waals surface area contributed by atoms with Gasteiger partial charge in [0.05, 0.1) is 13.2 Å². The molecule has 1 heterocycles. The van der Waals surface area contributed by atoms with E-state index in [9.17, 15) is 0 Å². The minimum Gasteiger partial charge on any atom is -0.373 e. The Bertz CT molecular complexity index is 607. The van der Waals surface area contributed by atoms with Gasteiger partial charge in [-0.15, -0.1) is 11.3 Å². The number of hydrogen-bond acceptors (Lipinski definition) is 3. The summed E-state index contributed by atoms with van der Waals surface area (Å²) in [7, 11) is 0. The highest BCUT2D eigenvalue weighted by Gasteiger charge is 2.15. The standard InChI is InChI=1S/C18H25NOS/c1-5-6-11-20-13-15-14-9-7-8-10-16(14)21-17(15)12-19-18(2,3)4/h5-10,19H,11-13H2,1-4H3. The average Bonchev–Trinajstić information content (AvgIpc) is 2.79. The molecule has 2 aromatic rings. The van der Waals surface area contributed by atoms with Gasteiger partial charge in [0.1, 0.15) is 0 Å². The fourth-order valence-electron chi connectivity index (χ4n) is 2.12. The Hall–Kier alpha value is -1.16. The molecule has 3 heteroatoms. The van der Waals surface area contributed by atoms with Gasteiger partial charge in [0.25, 0.3) is 0 Å². The first-order valence-electron chi connectivity index (χ1n) is 7.44. The molecule has 1 aromatic carbocycles. The third-order valence-electron chi connectivity index (χ3n) is 3.26. The average molecular weight is 303 g/mol. The van der Waals surface area contributed by atoms with E-state index < -0.39 is 0 Å². The molecule has 1 aromatic heterocycles. The summed E-state index contributed by atoms with van der Waals surface area (Å²) < 4.78 is 7.13. The molecule has 2 rings (SSSR count). The maximum absolute atomic E-state index is 5.79. The van der Waals surface area contributed by atoms with E-state index in [4.69, 9.17) is 4.74 Å². The van der Waals surface area contributed by atoms with Crippen LogP contribution in [0.25, 0.3) is 10.1 Å². The van der Waals surface area contributed by atoms with Crippen molar-refractivity contribution in [1.82, 2.24) is 5.32 Å². The first-order chi connectivity index (χ1) is 10.0. The summed E-state index contributed by atoms with van der Waals surface area (Å²) in [6.07, 6.45) is 4.06. The van der Waals surface area contributed by atoms with Crippen LogP contribution in [-0.4, -0.2) is 12.1 Å². The fourth-order valence-corrected chi connectivity index (χ4v) is 3.27. The molecular weight excluding hydrogens is 278 g/mol. The lowest BCUT2D eigenvalue weighted by Gasteiger charge is -2.20. The fraction of sp³-hybridized carbons (Fsp3) is 0.444. The Morgan fingerprint density at radius 3 is 2.71 bits per heavy atom. The van der Waals surface area contributed by atoms with Crippen LogP contribution in [-0.2, 0) is 17.9 Å². The van der Waals surface area contributed by atoms with Crippen molar-refractivity contribution < 1.29 is 4.74 Å². The molecule has 0 spiro atoms. The highest BCUT2D eigenvalue weighted by atomic mass is 32.1. The topological polar surface area (TPSA) is 21.3 Å². The van der Waals surface area contributed by atoms with Gasteiger partial charge in [-0.2, -0.15) is 0 Å². The zero-order chi connectivity index (χ0) is 15.3. The van der Waals surface area contributed by atoms with Crippen molar-refractivity contribution in [3.05, 3.63) is 46.9 Å². The van der Waals surface area contributed by atoms with Gasteiger partial charge in [0.15, 0.2) is 0 Å². The SMILES string of the molecule is CC=CCOCc1c(CNC(C)(C)C)sc2ccccc12. The lowest BCUT2D eigenvalue weighted by atomic mass is 10.1. The zero-order valence-electron chi connectivity index (χ0n) is 13.4. The van der Waals surface area contributed by atoms with E-state index in [1.165, 1.54) is 20.5 Å². The Kier molecular flexibility index (Phi) is 5.57. The first kappa shape index (κ1) is 16.2. The molecule has 21 heavy (non-hydrogen) atoms. The van der Waals surface area contributed by atoms with E-state index in [2.05, 4.69) is 50.4 Å². The Morgan fingerprint density at radius 2 is 2.00 bits per heavy atom. The third-order valence-corrected chi connectivity index (χ3v) is 4.47. The molecule has 0 fully saturated rings. The Morgan fingerprint density at radius 1 is 1.24 bits per heavy atom. The van der Waals surface area contributed by atoms with Crippen LogP contribution < -0.4 is 5.32 Å². The first-order valence-corrected chi connectivity index (χ1v) is 8.26. The molecule has 0 unspecified atom stereocenters. The van der Waals surface area contributed by atoms with E-state index in [0.717, 1.165) is 6.54 Å². The summed E-state index contributed by atoms with van der Waals surface area (Å²) in [5.41, 5.74) is 1.45. The number of allylic oxidation sites excluding steroid dienone is 1. The molecule has 0 aliphatic heterocycles. The highest BCUT2D eigenvalue weighted by molar-refractivity contribution is 7.19. The van der Waals surface area contributed by atoms with Crippen molar-refractivity contribution in [2.24, 2.45) is 0 Å². The molecule has 0 saturated heterocycles. The predicted octanol–water partition coefficient (Wildman–Crippen LogP) is 4.88. The summed E-state index contributed by atoms with van der Waals surface area (Å²) >= 11 is 1.87. The van der Waals surface area contributed by atoms with Gasteiger partial charge in [-0.25, -0.2) is 0 Å². The van der Waals surface area contributed by atoms with Gasteiger partial charge in [-0.1, -0.05) is 30.4 Å². The number of nitrogens with one attached hydrogen (secondary N) is 1. The summed E-state index contributed by atoms with van der Waals surface area (Å²) in [6.45, 7) is 10.9. The molecule has 2 nitrogen and oxygen atoms in total. The van der Waals surface area contributed by atoms with Crippen LogP contribution in [0.15, 0.2) is 36.4 Å². The quantitative estimate of drug-likeness (QED) is 0.606. The lowest BCUT2D eigenvalue weighted by molar-refractivity contribution is 0.149. The van der Waals surface area contributed by atoms with Crippen LogP contribution in [0.4, 0.5) is 0 Å². The van der Waals surface area contributed by atoms with Crippen molar-refractivity contribution in [2.75, 3.05) is 6.61 Å². The summed E-state index contributed by atoms with van der Waals surface area (Å²) in [4.78, 5) is 1.38. The van der Waals surface area contributed by atoms with Crippen LogP contribution in [0.1, 0.15) is 38.1 Å². The van der Waals surface area contributed by atoms with Gasteiger partial charge in [0.2, 0.25) is 0 Å². The Balaban J connectivity index is 2.21. The molecule has 0 aliphatic rings. The molecule has 0 aliphatic carbocycles. The molecule has 0 atom stereocenters. The summed E-state index contributed by atoms with van der Waals surface area (Å²) in [6, 6.07) is 8.59. The van der Waals surface area contributed by atoms with Gasteiger partial charge in [-0.05, 0) is 39.1 Å². The number of rotatable bonds is 6. The van der Waals surface area contributed by atoms with Crippen LogP contribution in [0.2, 0.25) is 0 Å². The van der Waals surface area contributed by atoms with Crippen molar-refractivity contribution in [3.8, 4) is 0 Å². The van der Waals surface area contributed by atoms with Gasteiger partial charge < -0.3 is 10.1 Å². The second-order valence-corrected chi connectivity index (χ2v) is 7.32. The van der Waals surface area contributed by atoms with Crippen LogP contribution in [0.3, 0.4) is 0 Å². The predicted molar refractivity (Wildman–Crippen MR) is 92.9 cm³/mol. The number of benzene rings is 1. The lowest BCUT2D eigenvalue weighted by Crippen LogP contribution is -2.35. The number of ether oxygens (including phenoxy) is 1. The van der Waals surface area contributed by atoms with Gasteiger partial charge in [-0.3, -0.25) is 0 Å². The monoisotopic (exact) mass is 303 g/mol. The Labute approximate surface area is 131 Å². The minimum absolute atomic E-state index is 0.124. The largest absolute Gasteiger partial charge is 0.373 e. The molecule has 0 amide bonds. The van der Waals surface area contributed by atoms with Crippen molar-refractivity contribution in [3.63, 3.8) is 0 Å². The van der Waals surface area contributed by atoms with E-state index >= 15 is 0 Å². The van der Waals surface area contributed by atoms with Crippen LogP contribution >= 0.6 is 11.3 Å². The zero-order valence-corrected chi connectivity index (χ0v) is 14.2. The molecule has 0 bridgehead atoms. The van der Waals surface area contributed by atoms with Crippen LogP contribution in [0.5, 0.6) is 0 Å². The highest BCUT2D eigenvalue weighted by Crippen LogP contribution is 2.32. The molecule has 0 radical (unpaired) electrons. The maximum Gasteiger partial charge on any atom is 0.0738 e. The smallest absolute Gasteiger partial charge is 0.0738 e. The van der Waals surface area contributed by atoms with Crippen molar-refractivity contribution in [2.45, 2.75) is 46.4 Å². The van der Waals surface area contributed by atoms with E-state index in [0.29, 0.717) is 13.2 Å². The van der Waals surface area contributed by atoms with E-state index in [1.54, 1.807) is 0 Å². The summed E-state index contributed by atoms with van der Waals surface area (Å²) in [5.74, 6) is 0. The second kappa shape index (κ2) is 7.21. The van der Waals surface area contributed by atoms with Crippen LogP contribution in [0, 0.1) is 0 Å². The summed E-state index contributed by atoms with van der Waals surface area (Å²) in [5, 5.41) is 4.91. The molecule has 0 saturated carbocycles. The van der Waals surface area contributed by atoms with Crippen molar-refractivity contribution >= 4 is 21.4 Å². The van der Waals surface area contributed by atoms with E-state index in [1.807, 2.05) is 30.4 Å². The third kappa shape index (κ3) is 4.67. The minimum atomic E-state index is 0.124. The molecule has 114 valence electrons. The number of thiophene rings is 1. The normalized spacial score (nSPS) is 12.6. The molecular formula is C18H25NOS. The second-order valence-electron chi connectivity index (χ2n) is 6.19. The van der Waals surface area contributed by atoms with Gasteiger partial charge >= 0.3 is 0 Å². The number of hydrogen-bond donors (Lipinski definition) is 1. The maximum atomic E-state index is 5.79.